The second-order valence-corrected chi connectivity index (χ2v) is 5.12. The minimum atomic E-state index is -0.919. The first-order valence-electron chi connectivity index (χ1n) is 6.05. The van der Waals surface area contributed by atoms with Crippen molar-refractivity contribution in [2.45, 2.75) is 6.42 Å². The Morgan fingerprint density at radius 3 is 2.65 bits per heavy atom. The first kappa shape index (κ1) is 14.2. The Balaban J connectivity index is 2.20. The molecule has 1 heterocycles. The van der Waals surface area contributed by atoms with E-state index >= 15 is 0 Å². The van der Waals surface area contributed by atoms with Gasteiger partial charge in [-0.25, -0.2) is 4.98 Å². The van der Waals surface area contributed by atoms with E-state index in [0.717, 1.165) is 5.56 Å². The maximum Gasteiger partial charge on any atom is 0.305 e. The number of hydrogen-bond donors (Lipinski definition) is 1. The summed E-state index contributed by atoms with van der Waals surface area (Å²) in [5.41, 5.74) is 3.15. The Kier molecular flexibility index (Phi) is 4.47. The van der Waals surface area contributed by atoms with Gasteiger partial charge in [0.15, 0.2) is 0 Å². The van der Waals surface area contributed by atoms with Crippen molar-refractivity contribution in [3.8, 4) is 11.3 Å². The molecule has 1 amide bonds. The quantitative estimate of drug-likeness (QED) is 0.917. The molecule has 0 unspecified atom stereocenters. The van der Waals surface area contributed by atoms with Gasteiger partial charge in [-0.1, -0.05) is 30.3 Å². The fourth-order valence-corrected chi connectivity index (χ4v) is 2.54. The summed E-state index contributed by atoms with van der Waals surface area (Å²) < 4.78 is 0. The Labute approximate surface area is 120 Å². The molecule has 1 N–H and O–H groups in total. The molecule has 2 aromatic rings. The maximum atomic E-state index is 12.3. The zero-order valence-electron chi connectivity index (χ0n) is 10.9. The monoisotopic (exact) mass is 290 g/mol. The van der Waals surface area contributed by atoms with Crippen LogP contribution in [-0.4, -0.2) is 40.5 Å². The molecule has 1 aromatic carbocycles. The highest BCUT2D eigenvalue weighted by molar-refractivity contribution is 7.12. The Morgan fingerprint density at radius 1 is 1.30 bits per heavy atom. The van der Waals surface area contributed by atoms with Gasteiger partial charge in [0, 0.05) is 19.2 Å². The molecule has 5 nitrogen and oxygen atoms in total. The normalized spacial score (nSPS) is 10.2. The summed E-state index contributed by atoms with van der Waals surface area (Å²) in [6, 6.07) is 9.46. The number of carbonyl (C=O) groups excluding carboxylic acids is 1. The van der Waals surface area contributed by atoms with Gasteiger partial charge < -0.3 is 10.0 Å². The number of amides is 1. The number of aliphatic carboxylic acids is 1. The van der Waals surface area contributed by atoms with E-state index in [9.17, 15) is 9.59 Å². The van der Waals surface area contributed by atoms with Crippen LogP contribution < -0.4 is 0 Å². The van der Waals surface area contributed by atoms with Crippen LogP contribution in [0.15, 0.2) is 35.8 Å². The number of carboxylic acids is 1. The summed E-state index contributed by atoms with van der Waals surface area (Å²) >= 11 is 1.27. The molecule has 20 heavy (non-hydrogen) atoms. The van der Waals surface area contributed by atoms with Crippen LogP contribution in [0.3, 0.4) is 0 Å². The van der Waals surface area contributed by atoms with Crippen LogP contribution in [0.1, 0.15) is 16.1 Å². The SMILES string of the molecule is CN(CCC(=O)O)C(=O)c1scnc1-c1ccccc1. The highest BCUT2D eigenvalue weighted by Crippen LogP contribution is 2.26. The summed E-state index contributed by atoms with van der Waals surface area (Å²) in [5.74, 6) is -1.12. The molecular weight excluding hydrogens is 276 g/mol. The predicted octanol–water partition coefficient (Wildman–Crippen LogP) is 2.36. The van der Waals surface area contributed by atoms with Crippen LogP contribution in [0.25, 0.3) is 11.3 Å². The number of carboxylic acid groups (broad SMARTS) is 1. The summed E-state index contributed by atoms with van der Waals surface area (Å²) in [6.45, 7) is 0.181. The molecule has 0 saturated heterocycles. The van der Waals surface area contributed by atoms with Gasteiger partial charge in [0.2, 0.25) is 0 Å². The van der Waals surface area contributed by atoms with Crippen molar-refractivity contribution in [3.63, 3.8) is 0 Å². The predicted molar refractivity (Wildman–Crippen MR) is 76.8 cm³/mol. The van der Waals surface area contributed by atoms with Crippen LogP contribution in [0.2, 0.25) is 0 Å². The van der Waals surface area contributed by atoms with E-state index in [0.29, 0.717) is 10.6 Å². The molecule has 6 heteroatoms. The summed E-state index contributed by atoms with van der Waals surface area (Å²) in [6.07, 6.45) is -0.0677. The summed E-state index contributed by atoms with van der Waals surface area (Å²) in [7, 11) is 1.60. The van der Waals surface area contributed by atoms with Gasteiger partial charge in [0.1, 0.15) is 4.88 Å². The van der Waals surface area contributed by atoms with E-state index < -0.39 is 5.97 Å². The number of nitrogens with zero attached hydrogens (tertiary/aromatic N) is 2. The third kappa shape index (κ3) is 3.21. The van der Waals surface area contributed by atoms with Crippen LogP contribution in [0.5, 0.6) is 0 Å². The van der Waals surface area contributed by atoms with Crippen molar-refractivity contribution < 1.29 is 14.7 Å². The van der Waals surface area contributed by atoms with E-state index in [1.807, 2.05) is 30.3 Å². The second-order valence-electron chi connectivity index (χ2n) is 4.27. The molecule has 0 saturated carbocycles. The Bertz CT molecular complexity index is 610. The molecule has 0 spiro atoms. The number of aromatic nitrogens is 1. The lowest BCUT2D eigenvalue weighted by Gasteiger charge is -2.15. The minimum absolute atomic E-state index is 0.0677. The largest absolute Gasteiger partial charge is 0.481 e. The topological polar surface area (TPSA) is 70.5 Å². The molecular formula is C14H14N2O3S. The standard InChI is InChI=1S/C14H14N2O3S/c1-16(8-7-11(17)18)14(19)13-12(15-9-20-13)10-5-3-2-4-6-10/h2-6,9H,7-8H2,1H3,(H,17,18). The zero-order chi connectivity index (χ0) is 14.5. The van der Waals surface area contributed by atoms with Gasteiger partial charge in [-0.15, -0.1) is 11.3 Å². The van der Waals surface area contributed by atoms with Crippen LogP contribution in [-0.2, 0) is 4.79 Å². The first-order chi connectivity index (χ1) is 9.59. The molecule has 1 aromatic heterocycles. The Hall–Kier alpha value is -2.21. The zero-order valence-corrected chi connectivity index (χ0v) is 11.8. The number of carbonyl (C=O) groups is 2. The third-order valence-electron chi connectivity index (χ3n) is 2.82. The lowest BCUT2D eigenvalue weighted by atomic mass is 10.1. The number of thiazole rings is 1. The van der Waals surface area contributed by atoms with Crippen LogP contribution in [0, 0.1) is 0 Å². The van der Waals surface area contributed by atoms with E-state index in [1.165, 1.54) is 16.2 Å². The van der Waals surface area contributed by atoms with Crippen LogP contribution >= 0.6 is 11.3 Å². The van der Waals surface area contributed by atoms with E-state index in [2.05, 4.69) is 4.98 Å². The van der Waals surface area contributed by atoms with Gasteiger partial charge >= 0.3 is 5.97 Å². The lowest BCUT2D eigenvalue weighted by Crippen LogP contribution is -2.28. The molecule has 0 atom stereocenters. The summed E-state index contributed by atoms with van der Waals surface area (Å²) in [4.78, 5) is 29.1. The molecule has 0 bridgehead atoms. The second kappa shape index (κ2) is 6.29. The average Bonchev–Trinajstić information content (AvgIpc) is 2.94. The number of benzene rings is 1. The van der Waals surface area contributed by atoms with Crippen LogP contribution in [0.4, 0.5) is 0 Å². The van der Waals surface area contributed by atoms with Gasteiger partial charge in [-0.3, -0.25) is 9.59 Å². The molecule has 0 fully saturated rings. The molecule has 0 aliphatic heterocycles. The molecule has 104 valence electrons. The van der Waals surface area contributed by atoms with Gasteiger partial charge in [0.05, 0.1) is 17.6 Å². The highest BCUT2D eigenvalue weighted by Gasteiger charge is 2.19. The van der Waals surface area contributed by atoms with Gasteiger partial charge in [-0.05, 0) is 0 Å². The fourth-order valence-electron chi connectivity index (χ4n) is 1.74. The van der Waals surface area contributed by atoms with Crippen molar-refractivity contribution >= 4 is 23.2 Å². The maximum absolute atomic E-state index is 12.3. The number of rotatable bonds is 5. The summed E-state index contributed by atoms with van der Waals surface area (Å²) in [5, 5.41) is 8.66. The van der Waals surface area contributed by atoms with Crippen molar-refractivity contribution in [3.05, 3.63) is 40.7 Å². The first-order valence-corrected chi connectivity index (χ1v) is 6.93. The van der Waals surface area contributed by atoms with E-state index in [4.69, 9.17) is 5.11 Å². The number of hydrogen-bond acceptors (Lipinski definition) is 4. The van der Waals surface area contributed by atoms with E-state index in [1.54, 1.807) is 12.6 Å². The average molecular weight is 290 g/mol. The van der Waals surface area contributed by atoms with Crippen molar-refractivity contribution in [1.29, 1.82) is 0 Å². The lowest BCUT2D eigenvalue weighted by molar-refractivity contribution is -0.137. The van der Waals surface area contributed by atoms with Gasteiger partial charge in [-0.2, -0.15) is 0 Å². The van der Waals surface area contributed by atoms with Crippen molar-refractivity contribution in [1.82, 2.24) is 9.88 Å². The van der Waals surface area contributed by atoms with E-state index in [-0.39, 0.29) is 18.9 Å². The Morgan fingerprint density at radius 2 is 2.00 bits per heavy atom. The smallest absolute Gasteiger partial charge is 0.305 e. The van der Waals surface area contributed by atoms with Crippen molar-refractivity contribution in [2.24, 2.45) is 0 Å². The highest BCUT2D eigenvalue weighted by atomic mass is 32.1. The third-order valence-corrected chi connectivity index (χ3v) is 3.63. The van der Waals surface area contributed by atoms with Gasteiger partial charge in [0.25, 0.3) is 5.91 Å². The molecule has 2 rings (SSSR count). The fraction of sp³-hybridized carbons (Fsp3) is 0.214. The van der Waals surface area contributed by atoms with Crippen molar-refractivity contribution in [2.75, 3.05) is 13.6 Å². The minimum Gasteiger partial charge on any atom is -0.481 e. The molecule has 0 radical (unpaired) electrons. The molecule has 0 aliphatic carbocycles. The molecule has 0 aliphatic rings.